The van der Waals surface area contributed by atoms with E-state index in [1.807, 2.05) is 20.8 Å². The van der Waals surface area contributed by atoms with E-state index in [-0.39, 0.29) is 0 Å². The summed E-state index contributed by atoms with van der Waals surface area (Å²) in [4.78, 5) is 4.44. The van der Waals surface area contributed by atoms with Gasteiger partial charge >= 0.3 is 0 Å². The molecule has 0 fully saturated rings. The van der Waals surface area contributed by atoms with E-state index in [0.717, 1.165) is 38.3 Å². The molecule has 4 heteroatoms. The first kappa shape index (κ1) is 16.2. The zero-order valence-electron chi connectivity index (χ0n) is 11.8. The van der Waals surface area contributed by atoms with Crippen molar-refractivity contribution in [3.8, 4) is 0 Å². The van der Waals surface area contributed by atoms with Crippen LogP contribution in [0.4, 0.5) is 0 Å². The summed E-state index contributed by atoms with van der Waals surface area (Å²) in [5.41, 5.74) is -0.660. The molecule has 0 saturated carbocycles. The van der Waals surface area contributed by atoms with Crippen LogP contribution in [0.25, 0.3) is 0 Å². The van der Waals surface area contributed by atoms with Gasteiger partial charge in [0.1, 0.15) is 0 Å². The zero-order chi connectivity index (χ0) is 13.1. The average Bonchev–Trinajstić information content (AvgIpc) is 2.36. The van der Waals surface area contributed by atoms with Crippen LogP contribution in [0.15, 0.2) is 4.99 Å². The lowest BCUT2D eigenvalue weighted by Gasteiger charge is -2.23. The predicted molar refractivity (Wildman–Crippen MR) is 74.4 cm³/mol. The molecule has 0 aromatic carbocycles. The third kappa shape index (κ3) is 7.21. The van der Waals surface area contributed by atoms with Crippen molar-refractivity contribution < 1.29 is 5.11 Å². The van der Waals surface area contributed by atoms with Crippen LogP contribution in [0.5, 0.6) is 0 Å². The number of hydrogen-bond donors (Lipinski definition) is 3. The summed E-state index contributed by atoms with van der Waals surface area (Å²) in [6.07, 6.45) is 3.78. The van der Waals surface area contributed by atoms with Crippen molar-refractivity contribution in [2.45, 2.75) is 59.0 Å². The van der Waals surface area contributed by atoms with E-state index in [1.54, 1.807) is 0 Å². The van der Waals surface area contributed by atoms with Crippen LogP contribution in [0.3, 0.4) is 0 Å². The molecule has 0 aliphatic heterocycles. The van der Waals surface area contributed by atoms with E-state index >= 15 is 0 Å². The largest absolute Gasteiger partial charge is 0.388 e. The second-order valence-corrected chi connectivity index (χ2v) is 4.41. The van der Waals surface area contributed by atoms with Crippen LogP contribution in [0.2, 0.25) is 0 Å². The van der Waals surface area contributed by atoms with E-state index in [4.69, 9.17) is 0 Å². The number of hydrogen-bond acceptors (Lipinski definition) is 2. The molecule has 3 N–H and O–H groups in total. The van der Waals surface area contributed by atoms with E-state index in [2.05, 4.69) is 22.5 Å². The quantitative estimate of drug-likeness (QED) is 0.347. The Balaban J connectivity index is 4.26. The van der Waals surface area contributed by atoms with Gasteiger partial charge in [0.2, 0.25) is 0 Å². The maximum atomic E-state index is 10.2. The Hall–Kier alpha value is -0.770. The fourth-order valence-corrected chi connectivity index (χ4v) is 1.43. The Labute approximate surface area is 106 Å². The molecular weight excluding hydrogens is 214 g/mol. The summed E-state index contributed by atoms with van der Waals surface area (Å²) in [7, 11) is 0. The van der Waals surface area contributed by atoms with E-state index in [0.29, 0.717) is 6.54 Å². The molecule has 0 spiro atoms. The zero-order valence-corrected chi connectivity index (χ0v) is 11.8. The van der Waals surface area contributed by atoms with Gasteiger partial charge in [0.15, 0.2) is 5.96 Å². The van der Waals surface area contributed by atoms with Crippen molar-refractivity contribution in [2.24, 2.45) is 4.99 Å². The molecule has 0 rings (SSSR count). The number of aliphatic imine (C=N–C) groups is 1. The topological polar surface area (TPSA) is 56.7 Å². The molecule has 17 heavy (non-hydrogen) atoms. The predicted octanol–water partition coefficient (Wildman–Crippen LogP) is 1.89. The van der Waals surface area contributed by atoms with E-state index in [9.17, 15) is 5.11 Å². The maximum Gasteiger partial charge on any atom is 0.191 e. The van der Waals surface area contributed by atoms with Crippen molar-refractivity contribution in [2.75, 3.05) is 19.6 Å². The lowest BCUT2D eigenvalue weighted by Crippen LogP contribution is -2.40. The van der Waals surface area contributed by atoms with Gasteiger partial charge in [-0.2, -0.15) is 0 Å². The Morgan fingerprint density at radius 3 is 2.24 bits per heavy atom. The SMILES string of the molecule is CCCCNC(=NCC(O)(CC)CC)NCC. The molecule has 0 atom stereocenters. The van der Waals surface area contributed by atoms with Gasteiger partial charge in [-0.15, -0.1) is 0 Å². The normalized spacial score (nSPS) is 12.6. The molecule has 4 nitrogen and oxygen atoms in total. The third-order valence-corrected chi connectivity index (χ3v) is 3.01. The summed E-state index contributed by atoms with van der Waals surface area (Å²) < 4.78 is 0. The highest BCUT2D eigenvalue weighted by molar-refractivity contribution is 5.79. The van der Waals surface area contributed by atoms with Gasteiger partial charge in [-0.05, 0) is 26.2 Å². The Kier molecular flexibility index (Phi) is 8.86. The summed E-state index contributed by atoms with van der Waals surface area (Å²) in [6.45, 7) is 10.4. The summed E-state index contributed by atoms with van der Waals surface area (Å²) in [6, 6.07) is 0. The Bertz CT molecular complexity index is 213. The fraction of sp³-hybridized carbons (Fsp3) is 0.923. The number of unbranched alkanes of at least 4 members (excludes halogenated alkanes) is 1. The fourth-order valence-electron chi connectivity index (χ4n) is 1.43. The van der Waals surface area contributed by atoms with E-state index < -0.39 is 5.60 Å². The van der Waals surface area contributed by atoms with Crippen molar-refractivity contribution >= 4 is 5.96 Å². The molecule has 0 heterocycles. The lowest BCUT2D eigenvalue weighted by molar-refractivity contribution is 0.0418. The Morgan fingerprint density at radius 2 is 1.76 bits per heavy atom. The molecule has 0 radical (unpaired) electrons. The number of rotatable bonds is 8. The van der Waals surface area contributed by atoms with Crippen molar-refractivity contribution in [3.05, 3.63) is 0 Å². The summed E-state index contributed by atoms with van der Waals surface area (Å²) >= 11 is 0. The lowest BCUT2D eigenvalue weighted by atomic mass is 9.98. The van der Waals surface area contributed by atoms with Gasteiger partial charge in [-0.3, -0.25) is 4.99 Å². The smallest absolute Gasteiger partial charge is 0.191 e. The molecule has 0 bridgehead atoms. The standard InChI is InChI=1S/C13H29N3O/c1-5-9-10-15-12(14-8-4)16-11-13(17,6-2)7-3/h17H,5-11H2,1-4H3,(H2,14,15,16). The molecule has 0 amide bonds. The van der Waals surface area contributed by atoms with Crippen LogP contribution in [0.1, 0.15) is 53.4 Å². The molecule has 102 valence electrons. The summed E-state index contributed by atoms with van der Waals surface area (Å²) in [5, 5.41) is 16.6. The van der Waals surface area contributed by atoms with Crippen molar-refractivity contribution in [1.29, 1.82) is 0 Å². The molecule has 0 unspecified atom stereocenters. The highest BCUT2D eigenvalue weighted by Gasteiger charge is 2.21. The third-order valence-electron chi connectivity index (χ3n) is 3.01. The van der Waals surface area contributed by atoms with Gasteiger partial charge in [-0.25, -0.2) is 0 Å². The molecule has 0 aromatic rings. The molecule has 0 aliphatic rings. The van der Waals surface area contributed by atoms with Crippen LogP contribution in [-0.4, -0.2) is 36.3 Å². The van der Waals surface area contributed by atoms with Gasteiger partial charge in [0.05, 0.1) is 12.1 Å². The average molecular weight is 243 g/mol. The molecule has 0 aromatic heterocycles. The molecule has 0 aliphatic carbocycles. The van der Waals surface area contributed by atoms with Crippen LogP contribution in [0, 0.1) is 0 Å². The summed E-state index contributed by atoms with van der Waals surface area (Å²) in [5.74, 6) is 0.807. The van der Waals surface area contributed by atoms with Crippen LogP contribution >= 0.6 is 0 Å². The number of guanidine groups is 1. The monoisotopic (exact) mass is 243 g/mol. The minimum absolute atomic E-state index is 0.460. The second-order valence-electron chi connectivity index (χ2n) is 4.41. The first-order valence-corrected chi connectivity index (χ1v) is 6.86. The number of aliphatic hydroxyl groups is 1. The van der Waals surface area contributed by atoms with Crippen molar-refractivity contribution in [1.82, 2.24) is 10.6 Å². The maximum absolute atomic E-state index is 10.2. The van der Waals surface area contributed by atoms with Crippen LogP contribution in [-0.2, 0) is 0 Å². The van der Waals surface area contributed by atoms with Gasteiger partial charge in [0.25, 0.3) is 0 Å². The minimum atomic E-state index is -0.660. The number of nitrogens with one attached hydrogen (secondary N) is 2. The van der Waals surface area contributed by atoms with Crippen LogP contribution < -0.4 is 10.6 Å². The first-order valence-electron chi connectivity index (χ1n) is 6.86. The minimum Gasteiger partial charge on any atom is -0.388 e. The number of nitrogens with zero attached hydrogens (tertiary/aromatic N) is 1. The Morgan fingerprint density at radius 1 is 1.12 bits per heavy atom. The van der Waals surface area contributed by atoms with Gasteiger partial charge in [-0.1, -0.05) is 27.2 Å². The molecule has 0 saturated heterocycles. The van der Waals surface area contributed by atoms with Gasteiger partial charge < -0.3 is 15.7 Å². The van der Waals surface area contributed by atoms with Crippen molar-refractivity contribution in [3.63, 3.8) is 0 Å². The second kappa shape index (κ2) is 9.28. The van der Waals surface area contributed by atoms with E-state index in [1.165, 1.54) is 6.42 Å². The molecular formula is C13H29N3O. The first-order chi connectivity index (χ1) is 8.11. The highest BCUT2D eigenvalue weighted by Crippen LogP contribution is 2.14. The van der Waals surface area contributed by atoms with Gasteiger partial charge in [0, 0.05) is 13.1 Å². The highest BCUT2D eigenvalue weighted by atomic mass is 16.3.